The molecule has 0 N–H and O–H groups in total. The Hall–Kier alpha value is -1.44. The molecule has 0 saturated carbocycles. The summed E-state index contributed by atoms with van der Waals surface area (Å²) in [5, 5.41) is 0. The molecule has 0 bridgehead atoms. The van der Waals surface area contributed by atoms with Crippen molar-refractivity contribution >= 4 is 10.9 Å². The first kappa shape index (κ1) is 19.3. The predicted molar refractivity (Wildman–Crippen MR) is 99.1 cm³/mol. The van der Waals surface area contributed by atoms with Crippen LogP contribution in [-0.2, 0) is 17.4 Å². The zero-order valence-corrected chi connectivity index (χ0v) is 17.3. The van der Waals surface area contributed by atoms with Gasteiger partial charge in [0, 0.05) is 0 Å². The van der Waals surface area contributed by atoms with Gasteiger partial charge in [-0.2, -0.15) is 0 Å². The molecule has 1 unspecified atom stereocenters. The van der Waals surface area contributed by atoms with E-state index < -0.39 is 17.4 Å². The van der Waals surface area contributed by atoms with E-state index >= 15 is 0 Å². The normalized spacial score (nSPS) is 15.7. The molecule has 0 nitrogen and oxygen atoms in total. The maximum atomic E-state index is 4.81. The van der Waals surface area contributed by atoms with Gasteiger partial charge in [0.15, 0.2) is 0 Å². The Kier molecular flexibility index (Phi) is 5.70. The van der Waals surface area contributed by atoms with Crippen molar-refractivity contribution in [2.24, 2.45) is 0 Å². The summed E-state index contributed by atoms with van der Waals surface area (Å²) in [4.78, 5) is 4.81. The monoisotopic (exact) mass is 412 g/mol. The number of hydrogen-bond donors (Lipinski definition) is 0. The molecule has 0 spiro atoms. The van der Waals surface area contributed by atoms with Crippen LogP contribution in [0, 0.1) is 0 Å². The second-order valence-electron chi connectivity index (χ2n) is 6.65. The molecule has 0 fully saturated rings. The van der Waals surface area contributed by atoms with Crippen molar-refractivity contribution in [3.63, 3.8) is 0 Å². The van der Waals surface area contributed by atoms with E-state index in [1.807, 2.05) is 0 Å². The number of allylic oxidation sites excluding steroid dienone is 1. The van der Waals surface area contributed by atoms with Crippen LogP contribution in [0.5, 0.6) is 0 Å². The maximum Gasteiger partial charge on any atom is -1.00 e. The molecule has 26 heavy (non-hydrogen) atoms. The van der Waals surface area contributed by atoms with Gasteiger partial charge in [0.2, 0.25) is 0 Å². The van der Waals surface area contributed by atoms with Crippen LogP contribution < -0.4 is 24.8 Å². The number of halogens is 2. The molecular weight excluding hydrogens is 395 g/mol. The van der Waals surface area contributed by atoms with Crippen molar-refractivity contribution in [2.45, 2.75) is 8.45 Å². The van der Waals surface area contributed by atoms with E-state index in [2.05, 4.69) is 84.9 Å². The van der Waals surface area contributed by atoms with Crippen LogP contribution in [-0.4, -0.2) is 4.82 Å². The van der Waals surface area contributed by atoms with E-state index in [0.717, 1.165) is 0 Å². The fraction of sp³-hybridized carbons (Fsp3) is 0.0870. The van der Waals surface area contributed by atoms with Gasteiger partial charge in [-0.25, -0.2) is 0 Å². The van der Waals surface area contributed by atoms with Crippen LogP contribution in [0.1, 0.15) is 30.7 Å². The Morgan fingerprint density at radius 2 is 1.15 bits per heavy atom. The van der Waals surface area contributed by atoms with Crippen LogP contribution in [0.4, 0.5) is 0 Å². The zero-order valence-electron chi connectivity index (χ0n) is 14.2. The summed E-state index contributed by atoms with van der Waals surface area (Å²) in [7, 11) is 0. The van der Waals surface area contributed by atoms with Crippen LogP contribution >= 0.6 is 0 Å². The van der Waals surface area contributed by atoms with E-state index in [1.54, 1.807) is 0 Å². The van der Waals surface area contributed by atoms with Gasteiger partial charge in [-0.3, -0.25) is 0 Å². The molecule has 0 heterocycles. The molecule has 2 aliphatic carbocycles. The number of hydrogen-bond acceptors (Lipinski definition) is 0. The first-order chi connectivity index (χ1) is 11.8. The van der Waals surface area contributed by atoms with Crippen LogP contribution in [0.15, 0.2) is 78.9 Å². The SMILES string of the molecule is [CH2]=[Ti+2]([CH]1C=Cc2ccccc21)[CH]1c2ccccc2-c2ccccc21.[Cl-].[Cl-]. The minimum absolute atomic E-state index is 0. The molecule has 0 radical (unpaired) electrons. The number of benzene rings is 3. The van der Waals surface area contributed by atoms with E-state index in [-0.39, 0.29) is 24.8 Å². The third-order valence-electron chi connectivity index (χ3n) is 5.40. The molecule has 0 aliphatic heterocycles. The average Bonchev–Trinajstić information content (AvgIpc) is 3.21. The fourth-order valence-electron chi connectivity index (χ4n) is 4.31. The standard InChI is InChI=1S/C13H9.C9H7.CH2.2ClH.Ti/c1-3-7-12-10(5-1)9-11-6-2-4-8-13(11)12;1-2-5-9-7-3-6-8(9)4-1;;;;/h1-9H;1-7H;1H2;2*1H;/q;;;;;+2/p-2. The summed E-state index contributed by atoms with van der Waals surface area (Å²) in [6.07, 6.45) is 4.71. The minimum atomic E-state index is -1.68. The quantitative estimate of drug-likeness (QED) is 0.501. The number of fused-ring (bicyclic) bond motifs is 4. The van der Waals surface area contributed by atoms with Crippen molar-refractivity contribution in [3.05, 3.63) is 101 Å². The Bertz CT molecular complexity index is 961. The third-order valence-corrected chi connectivity index (χ3v) is 9.57. The van der Waals surface area contributed by atoms with Crippen molar-refractivity contribution in [1.29, 1.82) is 0 Å². The number of rotatable bonds is 2. The van der Waals surface area contributed by atoms with E-state index in [4.69, 9.17) is 4.82 Å². The van der Waals surface area contributed by atoms with Crippen LogP contribution in [0.2, 0.25) is 0 Å². The second kappa shape index (κ2) is 7.66. The molecule has 2 aliphatic rings. The van der Waals surface area contributed by atoms with Gasteiger partial charge in [-0.15, -0.1) is 0 Å². The van der Waals surface area contributed by atoms with Gasteiger partial charge >= 0.3 is 149 Å². The van der Waals surface area contributed by atoms with Crippen LogP contribution in [0.25, 0.3) is 17.2 Å². The third kappa shape index (κ3) is 2.86. The van der Waals surface area contributed by atoms with E-state index in [1.165, 1.54) is 33.4 Å². The topological polar surface area (TPSA) is 0 Å². The summed E-state index contributed by atoms with van der Waals surface area (Å²) >= 11 is -1.68. The Morgan fingerprint density at radius 3 is 1.77 bits per heavy atom. The summed E-state index contributed by atoms with van der Waals surface area (Å²) in [6, 6.07) is 26.7. The molecule has 3 heteroatoms. The Morgan fingerprint density at radius 1 is 0.654 bits per heavy atom. The van der Waals surface area contributed by atoms with E-state index in [0.29, 0.717) is 8.45 Å². The molecule has 0 aromatic heterocycles. The molecule has 0 amide bonds. The first-order valence-electron chi connectivity index (χ1n) is 8.48. The van der Waals surface area contributed by atoms with Crippen molar-refractivity contribution < 1.29 is 42.2 Å². The molecule has 3 aromatic rings. The van der Waals surface area contributed by atoms with Gasteiger partial charge in [-0.1, -0.05) is 0 Å². The summed E-state index contributed by atoms with van der Waals surface area (Å²) < 4.78 is 1.07. The molecule has 1 atom stereocenters. The molecule has 0 saturated heterocycles. The summed E-state index contributed by atoms with van der Waals surface area (Å²) in [5.74, 6) is 0. The largest absolute Gasteiger partial charge is 1.00 e. The molecule has 5 rings (SSSR count). The van der Waals surface area contributed by atoms with Crippen molar-refractivity contribution in [2.75, 3.05) is 0 Å². The van der Waals surface area contributed by atoms with Crippen LogP contribution in [0.3, 0.4) is 0 Å². The summed E-state index contributed by atoms with van der Waals surface area (Å²) in [5.41, 5.74) is 8.71. The fourth-order valence-corrected chi connectivity index (χ4v) is 8.47. The molecule has 3 aromatic carbocycles. The Labute approximate surface area is 173 Å². The molecule has 128 valence electrons. The minimum Gasteiger partial charge on any atom is -1.00 e. The predicted octanol–water partition coefficient (Wildman–Crippen LogP) is -0.417. The van der Waals surface area contributed by atoms with Gasteiger partial charge in [0.1, 0.15) is 0 Å². The molecular formula is C23H18Cl2Ti. The zero-order chi connectivity index (χ0) is 16.1. The average molecular weight is 413 g/mol. The van der Waals surface area contributed by atoms with E-state index in [9.17, 15) is 0 Å². The first-order valence-corrected chi connectivity index (χ1v) is 11.4. The maximum absolute atomic E-state index is 4.81. The van der Waals surface area contributed by atoms with Gasteiger partial charge in [0.05, 0.1) is 0 Å². The summed E-state index contributed by atoms with van der Waals surface area (Å²) in [6.45, 7) is 0. The second-order valence-corrected chi connectivity index (χ2v) is 10.3. The Balaban J connectivity index is 0.000000980. The van der Waals surface area contributed by atoms with Crippen molar-refractivity contribution in [3.8, 4) is 11.1 Å². The van der Waals surface area contributed by atoms with Gasteiger partial charge < -0.3 is 24.8 Å². The van der Waals surface area contributed by atoms with Crippen molar-refractivity contribution in [1.82, 2.24) is 0 Å². The van der Waals surface area contributed by atoms with Gasteiger partial charge in [-0.05, 0) is 0 Å². The smallest absolute Gasteiger partial charge is 1.00 e. The van der Waals surface area contributed by atoms with Gasteiger partial charge in [0.25, 0.3) is 0 Å².